The van der Waals surface area contributed by atoms with Gasteiger partial charge in [-0.25, -0.2) is 0 Å². The molecule has 1 atom stereocenters. The van der Waals surface area contributed by atoms with Crippen LogP contribution in [-0.4, -0.2) is 39.5 Å². The Labute approximate surface area is 197 Å². The van der Waals surface area contributed by atoms with Crippen molar-refractivity contribution in [3.05, 3.63) is 59.8 Å². The number of anilines is 1. The fourth-order valence-corrected chi connectivity index (χ4v) is 3.53. The molecule has 9 nitrogen and oxygen atoms in total. The first-order chi connectivity index (χ1) is 16.0. The zero-order valence-corrected chi connectivity index (χ0v) is 19.5. The van der Waals surface area contributed by atoms with Crippen LogP contribution in [0.2, 0.25) is 0 Å². The van der Waals surface area contributed by atoms with Gasteiger partial charge in [-0.15, -0.1) is 0 Å². The number of aromatic nitrogens is 1. The molecule has 0 bridgehead atoms. The van der Waals surface area contributed by atoms with Gasteiger partial charge in [0.1, 0.15) is 18.1 Å². The number of H-pyrrole nitrogens is 1. The van der Waals surface area contributed by atoms with Crippen molar-refractivity contribution in [3.63, 3.8) is 0 Å². The summed E-state index contributed by atoms with van der Waals surface area (Å²) in [6.45, 7) is 6.04. The third kappa shape index (κ3) is 7.08. The Hall–Kier alpha value is -3.85. The molecule has 0 aliphatic rings. The number of nitrogens with one attached hydrogen (secondary N) is 3. The first-order valence-corrected chi connectivity index (χ1v) is 10.9. The van der Waals surface area contributed by atoms with Crippen molar-refractivity contribution in [1.29, 1.82) is 0 Å². The van der Waals surface area contributed by atoms with E-state index in [9.17, 15) is 14.4 Å². The Balaban J connectivity index is 1.65. The highest BCUT2D eigenvalue weighted by Crippen LogP contribution is 2.23. The number of ether oxygens (including phenoxy) is 1. The molecule has 0 saturated carbocycles. The molecule has 0 spiro atoms. The van der Waals surface area contributed by atoms with Crippen LogP contribution in [0.3, 0.4) is 0 Å². The summed E-state index contributed by atoms with van der Waals surface area (Å²) < 4.78 is 5.89. The number of amides is 2. The van der Waals surface area contributed by atoms with Crippen molar-refractivity contribution in [3.8, 4) is 5.75 Å². The summed E-state index contributed by atoms with van der Waals surface area (Å²) in [6.07, 6.45) is 0.0712. The Bertz CT molecular complexity index is 1200. The Morgan fingerprint density at radius 2 is 1.88 bits per heavy atom. The van der Waals surface area contributed by atoms with Gasteiger partial charge in [-0.3, -0.25) is 14.4 Å². The molecule has 1 aromatic heterocycles. The highest BCUT2D eigenvalue weighted by molar-refractivity contribution is 5.97. The summed E-state index contributed by atoms with van der Waals surface area (Å²) >= 11 is 0. The van der Waals surface area contributed by atoms with E-state index < -0.39 is 17.9 Å². The molecule has 0 fully saturated rings. The standard InChI is InChI=1S/C25H30N4O5/c1-25(2,3)29-20(9-10-22(30)31)24(33)27-17-6-4-5-15(11-17)14-34-18-7-8-19-16(12-18)13-21(28-19)23(26)32/h4-8,11-13,20,28-29H,9-10,14H2,1-3H3,(H2,26,32)(H,27,33)(H,30,31). The van der Waals surface area contributed by atoms with Crippen molar-refractivity contribution in [2.75, 3.05) is 5.32 Å². The Morgan fingerprint density at radius 1 is 1.12 bits per heavy atom. The van der Waals surface area contributed by atoms with Crippen LogP contribution in [0.1, 0.15) is 49.7 Å². The van der Waals surface area contributed by atoms with Gasteiger partial charge in [0.2, 0.25) is 5.91 Å². The molecule has 180 valence electrons. The lowest BCUT2D eigenvalue weighted by Crippen LogP contribution is -2.49. The van der Waals surface area contributed by atoms with Crippen LogP contribution in [0.15, 0.2) is 48.5 Å². The molecular weight excluding hydrogens is 436 g/mol. The van der Waals surface area contributed by atoms with Crippen LogP contribution in [0.5, 0.6) is 5.75 Å². The summed E-state index contributed by atoms with van der Waals surface area (Å²) in [6, 6.07) is 13.7. The zero-order valence-electron chi connectivity index (χ0n) is 19.5. The lowest BCUT2D eigenvalue weighted by Gasteiger charge is -2.27. The third-order valence-corrected chi connectivity index (χ3v) is 5.03. The SMILES string of the molecule is CC(C)(C)NC(CCC(=O)O)C(=O)Nc1cccc(COc2ccc3[nH]c(C(N)=O)cc3c2)c1. The molecule has 0 saturated heterocycles. The molecule has 0 aliphatic heterocycles. The van der Waals surface area contributed by atoms with E-state index in [1.54, 1.807) is 18.2 Å². The molecule has 34 heavy (non-hydrogen) atoms. The number of nitrogens with two attached hydrogens (primary N) is 1. The zero-order chi connectivity index (χ0) is 24.9. The van der Waals surface area contributed by atoms with Crippen molar-refractivity contribution < 1.29 is 24.2 Å². The number of benzene rings is 2. The molecule has 2 aromatic carbocycles. The van der Waals surface area contributed by atoms with Crippen molar-refractivity contribution in [2.24, 2.45) is 5.73 Å². The Kier molecular flexibility index (Phi) is 7.57. The minimum Gasteiger partial charge on any atom is -0.489 e. The predicted molar refractivity (Wildman–Crippen MR) is 130 cm³/mol. The summed E-state index contributed by atoms with van der Waals surface area (Å²) in [5, 5.41) is 15.9. The van der Waals surface area contributed by atoms with Gasteiger partial charge in [-0.05, 0) is 69.2 Å². The molecule has 9 heteroatoms. The van der Waals surface area contributed by atoms with E-state index in [0.717, 1.165) is 16.5 Å². The number of carbonyl (C=O) groups excluding carboxylic acids is 2. The summed E-state index contributed by atoms with van der Waals surface area (Å²) in [7, 11) is 0. The van der Waals surface area contributed by atoms with Crippen LogP contribution in [0.4, 0.5) is 5.69 Å². The van der Waals surface area contributed by atoms with Crippen LogP contribution in [-0.2, 0) is 16.2 Å². The summed E-state index contributed by atoms with van der Waals surface area (Å²) in [5.74, 6) is -1.14. The van der Waals surface area contributed by atoms with Crippen molar-refractivity contribution in [2.45, 2.75) is 51.8 Å². The highest BCUT2D eigenvalue weighted by atomic mass is 16.5. The molecular formula is C25H30N4O5. The topological polar surface area (TPSA) is 147 Å². The third-order valence-electron chi connectivity index (χ3n) is 5.03. The van der Waals surface area contributed by atoms with Gasteiger partial charge in [-0.2, -0.15) is 0 Å². The average molecular weight is 467 g/mol. The largest absolute Gasteiger partial charge is 0.489 e. The van der Waals surface area contributed by atoms with E-state index in [2.05, 4.69) is 15.6 Å². The minimum absolute atomic E-state index is 0.110. The second kappa shape index (κ2) is 10.4. The van der Waals surface area contributed by atoms with E-state index >= 15 is 0 Å². The van der Waals surface area contributed by atoms with Gasteiger partial charge in [-0.1, -0.05) is 12.1 Å². The van der Waals surface area contributed by atoms with Crippen LogP contribution in [0, 0.1) is 0 Å². The number of hydrogen-bond donors (Lipinski definition) is 5. The average Bonchev–Trinajstić information content (AvgIpc) is 3.18. The van der Waals surface area contributed by atoms with Gasteiger partial charge in [0.15, 0.2) is 0 Å². The van der Waals surface area contributed by atoms with Gasteiger partial charge < -0.3 is 31.2 Å². The maximum atomic E-state index is 12.8. The Morgan fingerprint density at radius 3 is 2.56 bits per heavy atom. The van der Waals surface area contributed by atoms with Crippen LogP contribution < -0.4 is 21.1 Å². The summed E-state index contributed by atoms with van der Waals surface area (Å²) in [5.41, 5.74) is 7.52. The molecule has 2 amide bonds. The second-order valence-corrected chi connectivity index (χ2v) is 9.15. The quantitative estimate of drug-likeness (QED) is 0.309. The number of carboxylic acids is 1. The highest BCUT2D eigenvalue weighted by Gasteiger charge is 2.24. The smallest absolute Gasteiger partial charge is 0.303 e. The number of carbonyl (C=O) groups is 3. The molecule has 0 aliphatic carbocycles. The maximum absolute atomic E-state index is 12.8. The van der Waals surface area contributed by atoms with Gasteiger partial charge >= 0.3 is 5.97 Å². The van der Waals surface area contributed by atoms with Crippen molar-refractivity contribution in [1.82, 2.24) is 10.3 Å². The maximum Gasteiger partial charge on any atom is 0.303 e. The number of aliphatic carboxylic acids is 1. The normalized spacial score (nSPS) is 12.3. The van der Waals surface area contributed by atoms with E-state index in [4.69, 9.17) is 15.6 Å². The predicted octanol–water partition coefficient (Wildman–Crippen LogP) is 3.41. The molecule has 0 radical (unpaired) electrons. The molecule has 6 N–H and O–H groups in total. The lowest BCUT2D eigenvalue weighted by molar-refractivity contribution is -0.137. The first kappa shape index (κ1) is 24.8. The van der Waals surface area contributed by atoms with E-state index in [1.807, 2.05) is 51.1 Å². The first-order valence-electron chi connectivity index (χ1n) is 10.9. The fourth-order valence-electron chi connectivity index (χ4n) is 3.53. The number of aromatic amines is 1. The monoisotopic (exact) mass is 466 g/mol. The van der Waals surface area contributed by atoms with Crippen LogP contribution in [0.25, 0.3) is 10.9 Å². The number of hydrogen-bond acceptors (Lipinski definition) is 5. The van der Waals surface area contributed by atoms with E-state index in [1.165, 1.54) is 0 Å². The fraction of sp³-hybridized carbons (Fsp3) is 0.320. The number of rotatable bonds is 10. The molecule has 1 unspecified atom stereocenters. The number of fused-ring (bicyclic) bond motifs is 1. The van der Waals surface area contributed by atoms with E-state index in [0.29, 0.717) is 17.1 Å². The molecule has 1 heterocycles. The minimum atomic E-state index is -0.948. The lowest BCUT2D eigenvalue weighted by atomic mass is 10.0. The van der Waals surface area contributed by atoms with Gasteiger partial charge in [0, 0.05) is 28.6 Å². The van der Waals surface area contributed by atoms with Gasteiger partial charge in [0.25, 0.3) is 5.91 Å². The second-order valence-electron chi connectivity index (χ2n) is 9.15. The van der Waals surface area contributed by atoms with E-state index in [-0.39, 0.29) is 30.9 Å². The number of carboxylic acid groups (broad SMARTS) is 1. The van der Waals surface area contributed by atoms with Crippen LogP contribution >= 0.6 is 0 Å². The van der Waals surface area contributed by atoms with Gasteiger partial charge in [0.05, 0.1) is 6.04 Å². The molecule has 3 aromatic rings. The summed E-state index contributed by atoms with van der Waals surface area (Å²) in [4.78, 5) is 38.1. The van der Waals surface area contributed by atoms with Crippen molar-refractivity contribution >= 4 is 34.4 Å². The molecule has 3 rings (SSSR count). The number of primary amides is 1.